The van der Waals surface area contributed by atoms with Crippen molar-refractivity contribution in [2.24, 2.45) is 0 Å². The van der Waals surface area contributed by atoms with Gasteiger partial charge >= 0.3 is 0 Å². The summed E-state index contributed by atoms with van der Waals surface area (Å²) in [6.07, 6.45) is 3.16. The average molecular weight is 175 g/mol. The Morgan fingerprint density at radius 3 is 2.77 bits per heavy atom. The Bertz CT molecular complexity index is 434. The van der Waals surface area contributed by atoms with E-state index < -0.39 is 5.78 Å². The second-order valence-corrected chi connectivity index (χ2v) is 2.63. The van der Waals surface area contributed by atoms with Crippen molar-refractivity contribution in [3.63, 3.8) is 0 Å². The summed E-state index contributed by atoms with van der Waals surface area (Å²) >= 11 is 0. The second kappa shape index (κ2) is 2.52. The third kappa shape index (κ3) is 0.885. The van der Waals surface area contributed by atoms with Crippen LogP contribution >= 0.6 is 0 Å². The van der Waals surface area contributed by atoms with E-state index in [2.05, 4.69) is 4.98 Å². The second-order valence-electron chi connectivity index (χ2n) is 2.63. The van der Waals surface area contributed by atoms with E-state index in [1.54, 1.807) is 0 Å². The SMILES string of the molecule is O=CC1=C(O)c2cnccc2C1=O. The summed E-state index contributed by atoms with van der Waals surface area (Å²) in [6.45, 7) is 0. The fraction of sp³-hybridized carbons (Fsp3) is 0. The number of fused-ring (bicyclic) bond motifs is 1. The van der Waals surface area contributed by atoms with Gasteiger partial charge in [0.05, 0.1) is 0 Å². The first-order valence-corrected chi connectivity index (χ1v) is 3.63. The van der Waals surface area contributed by atoms with Crippen LogP contribution < -0.4 is 0 Å². The molecule has 0 saturated heterocycles. The van der Waals surface area contributed by atoms with E-state index >= 15 is 0 Å². The summed E-state index contributed by atoms with van der Waals surface area (Å²) in [5.74, 6) is -0.715. The molecule has 64 valence electrons. The summed E-state index contributed by atoms with van der Waals surface area (Å²) < 4.78 is 0. The number of pyridine rings is 1. The number of nitrogens with zero attached hydrogens (tertiary/aromatic N) is 1. The quantitative estimate of drug-likeness (QED) is 0.505. The van der Waals surface area contributed by atoms with E-state index in [4.69, 9.17) is 0 Å². The highest BCUT2D eigenvalue weighted by molar-refractivity contribution is 6.29. The van der Waals surface area contributed by atoms with Crippen molar-refractivity contribution in [2.75, 3.05) is 0 Å². The van der Waals surface area contributed by atoms with E-state index in [0.717, 1.165) is 0 Å². The fourth-order valence-corrected chi connectivity index (χ4v) is 1.29. The minimum Gasteiger partial charge on any atom is -0.506 e. The zero-order valence-corrected chi connectivity index (χ0v) is 6.52. The zero-order valence-electron chi connectivity index (χ0n) is 6.52. The monoisotopic (exact) mass is 175 g/mol. The van der Waals surface area contributed by atoms with Gasteiger partial charge in [-0.25, -0.2) is 0 Å². The number of aliphatic hydroxyl groups is 1. The molecule has 1 heterocycles. The number of hydrogen-bond acceptors (Lipinski definition) is 4. The van der Waals surface area contributed by atoms with Gasteiger partial charge in [0.2, 0.25) is 5.78 Å². The van der Waals surface area contributed by atoms with Crippen LogP contribution in [0.25, 0.3) is 5.76 Å². The fourth-order valence-electron chi connectivity index (χ4n) is 1.29. The third-order valence-corrected chi connectivity index (χ3v) is 1.94. The van der Waals surface area contributed by atoms with Crippen LogP contribution in [0, 0.1) is 0 Å². The Morgan fingerprint density at radius 1 is 1.38 bits per heavy atom. The van der Waals surface area contributed by atoms with Crippen molar-refractivity contribution >= 4 is 17.8 Å². The molecule has 0 spiro atoms. The molecule has 0 amide bonds. The molecule has 0 radical (unpaired) electrons. The van der Waals surface area contributed by atoms with Gasteiger partial charge < -0.3 is 5.11 Å². The molecular formula is C9H5NO3. The summed E-state index contributed by atoms with van der Waals surface area (Å²) in [6, 6.07) is 1.48. The highest BCUT2D eigenvalue weighted by Gasteiger charge is 2.28. The van der Waals surface area contributed by atoms with Gasteiger partial charge in [-0.05, 0) is 6.07 Å². The van der Waals surface area contributed by atoms with Gasteiger partial charge in [-0.3, -0.25) is 14.6 Å². The van der Waals surface area contributed by atoms with Crippen LogP contribution in [-0.4, -0.2) is 22.2 Å². The first-order chi connectivity index (χ1) is 6.25. The van der Waals surface area contributed by atoms with Crippen molar-refractivity contribution in [3.8, 4) is 0 Å². The van der Waals surface area contributed by atoms with Crippen LogP contribution in [0.2, 0.25) is 0 Å². The number of carbonyl (C=O) groups excluding carboxylic acids is 2. The summed E-state index contributed by atoms with van der Waals surface area (Å²) in [4.78, 5) is 25.5. The average Bonchev–Trinajstić information content (AvgIpc) is 2.41. The Morgan fingerprint density at radius 2 is 2.15 bits per heavy atom. The molecule has 0 aliphatic heterocycles. The highest BCUT2D eigenvalue weighted by Crippen LogP contribution is 2.28. The number of aromatic nitrogens is 1. The predicted octanol–water partition coefficient (Wildman–Crippen LogP) is 0.746. The van der Waals surface area contributed by atoms with E-state index in [-0.39, 0.29) is 11.3 Å². The van der Waals surface area contributed by atoms with Gasteiger partial charge in [-0.15, -0.1) is 0 Å². The number of carbonyl (C=O) groups is 2. The van der Waals surface area contributed by atoms with Gasteiger partial charge in [0.25, 0.3) is 0 Å². The standard InChI is InChI=1S/C9H5NO3/c11-4-7-8(12)5-1-2-10-3-6(5)9(7)13/h1-4,13H. The molecule has 0 bridgehead atoms. The number of aliphatic hydroxyl groups excluding tert-OH is 1. The third-order valence-electron chi connectivity index (χ3n) is 1.94. The first-order valence-electron chi connectivity index (χ1n) is 3.63. The number of Topliss-reactive ketones (excluding diaryl/α,β-unsaturated/α-hetero) is 1. The lowest BCUT2D eigenvalue weighted by atomic mass is 10.1. The number of aldehydes is 1. The molecule has 1 aromatic heterocycles. The van der Waals surface area contributed by atoms with Crippen LogP contribution in [0.4, 0.5) is 0 Å². The van der Waals surface area contributed by atoms with E-state index in [0.29, 0.717) is 17.4 Å². The Kier molecular flexibility index (Phi) is 1.48. The van der Waals surface area contributed by atoms with Crippen LogP contribution in [0.15, 0.2) is 24.0 Å². The van der Waals surface area contributed by atoms with Crippen LogP contribution in [0.5, 0.6) is 0 Å². The number of hydrogen-bond donors (Lipinski definition) is 1. The lowest BCUT2D eigenvalue weighted by molar-refractivity contribution is -0.104. The van der Waals surface area contributed by atoms with Gasteiger partial charge in [-0.1, -0.05) is 0 Å². The molecule has 0 unspecified atom stereocenters. The highest BCUT2D eigenvalue weighted by atomic mass is 16.3. The minimum absolute atomic E-state index is 0.192. The summed E-state index contributed by atoms with van der Waals surface area (Å²) in [5, 5.41) is 9.40. The van der Waals surface area contributed by atoms with Crippen molar-refractivity contribution in [1.29, 1.82) is 0 Å². The molecule has 0 fully saturated rings. The molecule has 1 aliphatic carbocycles. The normalized spacial score (nSPS) is 14.6. The first kappa shape index (κ1) is 7.67. The molecule has 1 aromatic rings. The maximum atomic E-state index is 11.4. The molecular weight excluding hydrogens is 170 g/mol. The van der Waals surface area contributed by atoms with Crippen LogP contribution in [-0.2, 0) is 4.79 Å². The predicted molar refractivity (Wildman–Crippen MR) is 44.2 cm³/mol. The Hall–Kier alpha value is -1.97. The molecule has 2 rings (SSSR count). The van der Waals surface area contributed by atoms with Gasteiger partial charge in [0.1, 0.15) is 11.3 Å². The molecule has 0 saturated carbocycles. The van der Waals surface area contributed by atoms with Crippen molar-refractivity contribution in [2.45, 2.75) is 0 Å². The van der Waals surface area contributed by atoms with Crippen molar-refractivity contribution < 1.29 is 14.7 Å². The lowest BCUT2D eigenvalue weighted by Gasteiger charge is -1.94. The molecule has 1 N–H and O–H groups in total. The van der Waals surface area contributed by atoms with Gasteiger partial charge in [0.15, 0.2) is 6.29 Å². The summed E-state index contributed by atoms with van der Waals surface area (Å²) in [5.41, 5.74) is 0.465. The smallest absolute Gasteiger partial charge is 0.200 e. The topological polar surface area (TPSA) is 67.3 Å². The van der Waals surface area contributed by atoms with Crippen molar-refractivity contribution in [1.82, 2.24) is 4.98 Å². The lowest BCUT2D eigenvalue weighted by Crippen LogP contribution is -1.99. The maximum Gasteiger partial charge on any atom is 0.200 e. The molecule has 0 aromatic carbocycles. The number of ketones is 1. The molecule has 1 aliphatic rings. The number of rotatable bonds is 1. The Balaban J connectivity index is 2.71. The van der Waals surface area contributed by atoms with Crippen molar-refractivity contribution in [3.05, 3.63) is 35.2 Å². The maximum absolute atomic E-state index is 11.4. The zero-order chi connectivity index (χ0) is 9.42. The van der Waals surface area contributed by atoms with E-state index in [1.165, 1.54) is 18.5 Å². The largest absolute Gasteiger partial charge is 0.506 e. The van der Waals surface area contributed by atoms with Gasteiger partial charge in [0, 0.05) is 23.5 Å². The molecule has 0 atom stereocenters. The molecule has 4 nitrogen and oxygen atoms in total. The van der Waals surface area contributed by atoms with Crippen LogP contribution in [0.1, 0.15) is 15.9 Å². The van der Waals surface area contributed by atoms with Gasteiger partial charge in [-0.2, -0.15) is 0 Å². The molecule has 13 heavy (non-hydrogen) atoms. The van der Waals surface area contributed by atoms with E-state index in [1.807, 2.05) is 0 Å². The summed E-state index contributed by atoms with van der Waals surface area (Å²) in [7, 11) is 0. The van der Waals surface area contributed by atoms with Crippen LogP contribution in [0.3, 0.4) is 0 Å². The Labute approximate surface area is 73.5 Å². The minimum atomic E-state index is -0.440. The number of allylic oxidation sites excluding steroid dienone is 1. The van der Waals surface area contributed by atoms with E-state index in [9.17, 15) is 14.7 Å². The molecule has 4 heteroatoms.